The minimum absolute atomic E-state index is 0.102. The Kier molecular flexibility index (Phi) is 1.08. The number of hydrogen-bond acceptors (Lipinski definition) is 2. The van der Waals surface area contributed by atoms with Gasteiger partial charge in [0, 0.05) is 13.7 Å². The van der Waals surface area contributed by atoms with Crippen molar-refractivity contribution in [2.45, 2.75) is 25.0 Å². The van der Waals surface area contributed by atoms with E-state index in [4.69, 9.17) is 4.74 Å². The summed E-state index contributed by atoms with van der Waals surface area (Å²) in [5, 5.41) is 3.40. The van der Waals surface area contributed by atoms with Gasteiger partial charge in [-0.2, -0.15) is 0 Å². The number of ether oxygens (including phenoxy) is 1. The van der Waals surface area contributed by atoms with Gasteiger partial charge in [-0.3, -0.25) is 5.32 Å². The first-order valence-electron chi connectivity index (χ1n) is 3.65. The maximum Gasteiger partial charge on any atom is 0.119 e. The number of fused-ring (bicyclic) bond motifs is 2. The lowest BCUT2D eigenvalue weighted by atomic mass is 10.1. The Bertz CT molecular complexity index is 116. The van der Waals surface area contributed by atoms with Gasteiger partial charge in [-0.15, -0.1) is 0 Å². The molecule has 0 amide bonds. The van der Waals surface area contributed by atoms with Crippen LogP contribution in [0.25, 0.3) is 0 Å². The molecular formula is C7H13NO. The summed E-state index contributed by atoms with van der Waals surface area (Å²) < 4.78 is 5.38. The minimum Gasteiger partial charge on any atom is -0.364 e. The van der Waals surface area contributed by atoms with Gasteiger partial charge in [0.25, 0.3) is 0 Å². The van der Waals surface area contributed by atoms with Crippen molar-refractivity contribution in [1.29, 1.82) is 0 Å². The third-order valence-electron chi connectivity index (χ3n) is 2.68. The smallest absolute Gasteiger partial charge is 0.119 e. The first kappa shape index (κ1) is 5.69. The molecular weight excluding hydrogens is 114 g/mol. The van der Waals surface area contributed by atoms with Gasteiger partial charge in [-0.1, -0.05) is 0 Å². The monoisotopic (exact) mass is 127 g/mol. The highest BCUT2D eigenvalue weighted by molar-refractivity contribution is 4.96. The van der Waals surface area contributed by atoms with E-state index in [2.05, 4.69) is 5.32 Å². The van der Waals surface area contributed by atoms with Crippen molar-refractivity contribution in [2.75, 3.05) is 13.7 Å². The first-order valence-corrected chi connectivity index (χ1v) is 3.65. The molecule has 2 bridgehead atoms. The molecule has 2 heteroatoms. The fraction of sp³-hybridized carbons (Fsp3) is 1.00. The second-order valence-electron chi connectivity index (χ2n) is 3.19. The van der Waals surface area contributed by atoms with E-state index in [-0.39, 0.29) is 5.72 Å². The van der Waals surface area contributed by atoms with Gasteiger partial charge in [0.2, 0.25) is 0 Å². The standard InChI is InChI=1S/C7H13NO/c1-9-7-3-2-6(4-7)5-8-7/h6,8H,2-5H2,1H3. The normalized spacial score (nSPS) is 48.3. The lowest BCUT2D eigenvalue weighted by Crippen LogP contribution is -2.41. The van der Waals surface area contributed by atoms with Gasteiger partial charge in [-0.25, -0.2) is 0 Å². The summed E-state index contributed by atoms with van der Waals surface area (Å²) in [6, 6.07) is 0. The zero-order valence-electron chi connectivity index (χ0n) is 5.81. The molecule has 2 atom stereocenters. The molecule has 2 rings (SSSR count). The van der Waals surface area contributed by atoms with Crippen LogP contribution in [0.2, 0.25) is 0 Å². The Hall–Kier alpha value is -0.0800. The summed E-state index contributed by atoms with van der Waals surface area (Å²) in [5.41, 5.74) is 0.102. The second-order valence-corrected chi connectivity index (χ2v) is 3.19. The molecule has 0 spiro atoms. The van der Waals surface area contributed by atoms with Gasteiger partial charge in [0.1, 0.15) is 5.72 Å². The first-order chi connectivity index (χ1) is 4.35. The molecule has 2 fully saturated rings. The van der Waals surface area contributed by atoms with Gasteiger partial charge in [0.15, 0.2) is 0 Å². The van der Waals surface area contributed by atoms with E-state index in [1.54, 1.807) is 7.11 Å². The quantitative estimate of drug-likeness (QED) is 0.560. The highest BCUT2D eigenvalue weighted by atomic mass is 16.5. The second kappa shape index (κ2) is 1.70. The number of hydrogen-bond donors (Lipinski definition) is 1. The molecule has 1 saturated carbocycles. The number of rotatable bonds is 1. The molecule has 9 heavy (non-hydrogen) atoms. The molecule has 2 aliphatic rings. The SMILES string of the molecule is COC12CCC(CN1)C2. The molecule has 2 nitrogen and oxygen atoms in total. The molecule has 1 aliphatic heterocycles. The molecule has 0 aromatic heterocycles. The minimum atomic E-state index is 0.102. The van der Waals surface area contributed by atoms with Crippen molar-refractivity contribution in [3.8, 4) is 0 Å². The van der Waals surface area contributed by atoms with Crippen molar-refractivity contribution >= 4 is 0 Å². The maximum atomic E-state index is 5.38. The van der Waals surface area contributed by atoms with E-state index in [9.17, 15) is 0 Å². The average Bonchev–Trinajstić information content (AvgIpc) is 2.46. The van der Waals surface area contributed by atoms with Gasteiger partial charge in [-0.05, 0) is 25.2 Å². The van der Waals surface area contributed by atoms with Crippen LogP contribution in [0.15, 0.2) is 0 Å². The maximum absolute atomic E-state index is 5.38. The van der Waals surface area contributed by atoms with Crippen LogP contribution >= 0.6 is 0 Å². The lowest BCUT2D eigenvalue weighted by molar-refractivity contribution is -0.0202. The number of piperidine rings is 1. The summed E-state index contributed by atoms with van der Waals surface area (Å²) in [6.45, 7) is 1.17. The van der Waals surface area contributed by atoms with E-state index in [0.717, 1.165) is 5.92 Å². The molecule has 0 aromatic carbocycles. The molecule has 52 valence electrons. The summed E-state index contributed by atoms with van der Waals surface area (Å²) >= 11 is 0. The zero-order chi connectivity index (χ0) is 6.32. The summed E-state index contributed by atoms with van der Waals surface area (Å²) in [7, 11) is 1.81. The van der Waals surface area contributed by atoms with Crippen LogP contribution in [0.1, 0.15) is 19.3 Å². The molecule has 2 unspecified atom stereocenters. The summed E-state index contributed by atoms with van der Waals surface area (Å²) in [6.07, 6.45) is 3.82. The lowest BCUT2D eigenvalue weighted by Gasteiger charge is -2.25. The Morgan fingerprint density at radius 2 is 2.56 bits per heavy atom. The van der Waals surface area contributed by atoms with Crippen LogP contribution in [-0.4, -0.2) is 19.4 Å². The van der Waals surface area contributed by atoms with Crippen LogP contribution in [0.3, 0.4) is 0 Å². The molecule has 1 N–H and O–H groups in total. The van der Waals surface area contributed by atoms with E-state index in [1.807, 2.05) is 0 Å². The van der Waals surface area contributed by atoms with E-state index < -0.39 is 0 Å². The molecule has 0 aromatic rings. The summed E-state index contributed by atoms with van der Waals surface area (Å²) in [4.78, 5) is 0. The van der Waals surface area contributed by atoms with Crippen molar-refractivity contribution in [3.63, 3.8) is 0 Å². The number of methoxy groups -OCH3 is 1. The van der Waals surface area contributed by atoms with E-state index in [1.165, 1.54) is 25.8 Å². The largest absolute Gasteiger partial charge is 0.364 e. The van der Waals surface area contributed by atoms with E-state index >= 15 is 0 Å². The fourth-order valence-electron chi connectivity index (χ4n) is 2.03. The topological polar surface area (TPSA) is 21.3 Å². The van der Waals surface area contributed by atoms with Crippen LogP contribution in [-0.2, 0) is 4.74 Å². The van der Waals surface area contributed by atoms with E-state index in [0.29, 0.717) is 0 Å². The third kappa shape index (κ3) is 0.700. The number of nitrogens with one attached hydrogen (secondary N) is 1. The van der Waals surface area contributed by atoms with Crippen LogP contribution < -0.4 is 5.32 Å². The molecule has 1 saturated heterocycles. The van der Waals surface area contributed by atoms with Gasteiger partial charge < -0.3 is 4.74 Å². The summed E-state index contributed by atoms with van der Waals surface area (Å²) in [5.74, 6) is 0.907. The molecule has 0 radical (unpaired) electrons. The molecule has 1 aliphatic carbocycles. The van der Waals surface area contributed by atoms with Crippen molar-refractivity contribution < 1.29 is 4.74 Å². The predicted molar refractivity (Wildman–Crippen MR) is 35.1 cm³/mol. The fourth-order valence-corrected chi connectivity index (χ4v) is 2.03. The van der Waals surface area contributed by atoms with Crippen molar-refractivity contribution in [2.24, 2.45) is 5.92 Å². The van der Waals surface area contributed by atoms with Crippen LogP contribution in [0, 0.1) is 5.92 Å². The Balaban J connectivity index is 2.13. The van der Waals surface area contributed by atoms with Crippen LogP contribution in [0.4, 0.5) is 0 Å². The predicted octanol–water partition coefficient (Wildman–Crippen LogP) is 0.732. The van der Waals surface area contributed by atoms with Gasteiger partial charge >= 0.3 is 0 Å². The average molecular weight is 127 g/mol. The Morgan fingerprint density at radius 3 is 2.78 bits per heavy atom. The highest BCUT2D eigenvalue weighted by Gasteiger charge is 2.44. The van der Waals surface area contributed by atoms with Gasteiger partial charge in [0.05, 0.1) is 0 Å². The van der Waals surface area contributed by atoms with Crippen LogP contribution in [0.5, 0.6) is 0 Å². The zero-order valence-corrected chi connectivity index (χ0v) is 5.81. The molecule has 1 heterocycles. The Morgan fingerprint density at radius 1 is 1.67 bits per heavy atom. The van der Waals surface area contributed by atoms with Crippen molar-refractivity contribution in [1.82, 2.24) is 5.32 Å². The third-order valence-corrected chi connectivity index (χ3v) is 2.68. The van der Waals surface area contributed by atoms with Crippen molar-refractivity contribution in [3.05, 3.63) is 0 Å². The highest BCUT2D eigenvalue weighted by Crippen LogP contribution is 2.39. The Labute approximate surface area is 55.6 Å².